The van der Waals surface area contributed by atoms with Crippen molar-refractivity contribution in [3.63, 3.8) is 0 Å². The Labute approximate surface area is 168 Å². The van der Waals surface area contributed by atoms with Gasteiger partial charge in [0.1, 0.15) is 0 Å². The highest BCUT2D eigenvalue weighted by Crippen LogP contribution is 2.31. The summed E-state index contributed by atoms with van der Waals surface area (Å²) in [7, 11) is 0. The van der Waals surface area contributed by atoms with E-state index < -0.39 is 0 Å². The summed E-state index contributed by atoms with van der Waals surface area (Å²) in [6.45, 7) is 12.4. The first kappa shape index (κ1) is 20.2. The maximum Gasteiger partial charge on any atom is 0.152 e. The molecular weight excluding hydrogens is 346 g/mol. The Hall–Kier alpha value is -2.49. The highest BCUT2D eigenvalue weighted by atomic mass is 16.1. The number of benzene rings is 1. The van der Waals surface area contributed by atoms with Gasteiger partial charge in [0, 0.05) is 28.9 Å². The smallest absolute Gasteiger partial charge is 0.152 e. The van der Waals surface area contributed by atoms with Gasteiger partial charge in [-0.25, -0.2) is 0 Å². The second-order valence-corrected chi connectivity index (χ2v) is 8.76. The Kier molecular flexibility index (Phi) is 5.97. The Balaban J connectivity index is 1.95. The maximum absolute atomic E-state index is 12.1. The molecule has 1 aromatic heterocycles. The average Bonchev–Trinajstić information content (AvgIpc) is 3.23. The van der Waals surface area contributed by atoms with E-state index in [0.29, 0.717) is 12.1 Å². The van der Waals surface area contributed by atoms with Crippen LogP contribution in [0.4, 0.5) is 0 Å². The van der Waals surface area contributed by atoms with Gasteiger partial charge < -0.3 is 0 Å². The van der Waals surface area contributed by atoms with E-state index >= 15 is 0 Å². The van der Waals surface area contributed by atoms with Crippen molar-refractivity contribution in [3.8, 4) is 0 Å². The average molecular weight is 378 g/mol. The van der Waals surface area contributed by atoms with Crippen LogP contribution in [0.3, 0.4) is 0 Å². The highest BCUT2D eigenvalue weighted by molar-refractivity contribution is 6.29. The van der Waals surface area contributed by atoms with Crippen molar-refractivity contribution >= 4 is 17.6 Å². The van der Waals surface area contributed by atoms with Gasteiger partial charge in [0.05, 0.1) is 18.5 Å². The van der Waals surface area contributed by atoms with E-state index in [1.807, 2.05) is 12.3 Å². The minimum Gasteiger partial charge on any atom is -0.298 e. The number of carbonyl (C=O) groups is 1. The predicted molar refractivity (Wildman–Crippen MR) is 116 cm³/mol. The molecule has 0 atom stereocenters. The highest BCUT2D eigenvalue weighted by Gasteiger charge is 2.25. The van der Waals surface area contributed by atoms with Gasteiger partial charge in [0.15, 0.2) is 6.29 Å². The molecule has 0 aliphatic carbocycles. The fourth-order valence-corrected chi connectivity index (χ4v) is 3.71. The van der Waals surface area contributed by atoms with Gasteiger partial charge in [0.2, 0.25) is 0 Å². The normalized spacial score (nSPS) is 14.5. The van der Waals surface area contributed by atoms with Crippen LogP contribution in [-0.2, 0) is 17.8 Å². The molecular formula is C24H31N3O. The van der Waals surface area contributed by atoms with Crippen LogP contribution in [0, 0.1) is 12.3 Å². The van der Waals surface area contributed by atoms with Crippen LogP contribution >= 0.6 is 0 Å². The zero-order valence-corrected chi connectivity index (χ0v) is 17.7. The molecule has 0 saturated heterocycles. The number of hydrogen-bond donors (Lipinski definition) is 0. The van der Waals surface area contributed by atoms with E-state index in [1.54, 1.807) is 0 Å². The van der Waals surface area contributed by atoms with Crippen LogP contribution in [0.25, 0.3) is 5.57 Å². The number of nitrogens with zero attached hydrogens (tertiary/aromatic N) is 3. The molecule has 2 heterocycles. The van der Waals surface area contributed by atoms with E-state index in [9.17, 15) is 4.79 Å². The third kappa shape index (κ3) is 4.16. The number of aldehydes is 1. The first-order chi connectivity index (χ1) is 13.4. The number of hydrogen-bond acceptors (Lipinski definition) is 3. The molecule has 0 saturated carbocycles. The van der Waals surface area contributed by atoms with Crippen molar-refractivity contribution in [2.45, 2.75) is 60.4 Å². The minimum absolute atomic E-state index is 0.262. The lowest BCUT2D eigenvalue weighted by atomic mass is 9.92. The molecule has 0 unspecified atom stereocenters. The van der Waals surface area contributed by atoms with Crippen molar-refractivity contribution in [1.29, 1.82) is 0 Å². The lowest BCUT2D eigenvalue weighted by Crippen LogP contribution is -2.12. The van der Waals surface area contributed by atoms with Crippen LogP contribution in [0.15, 0.2) is 41.0 Å². The second-order valence-electron chi connectivity index (χ2n) is 8.76. The summed E-state index contributed by atoms with van der Waals surface area (Å²) in [5, 5.41) is 4.59. The monoisotopic (exact) mass is 377 g/mol. The van der Waals surface area contributed by atoms with E-state index in [4.69, 9.17) is 4.99 Å². The molecule has 28 heavy (non-hydrogen) atoms. The topological polar surface area (TPSA) is 47.2 Å². The molecule has 148 valence electrons. The molecule has 0 spiro atoms. The van der Waals surface area contributed by atoms with Crippen LogP contribution in [0.1, 0.15) is 62.9 Å². The summed E-state index contributed by atoms with van der Waals surface area (Å²) in [5.74, 6) is 0. The van der Waals surface area contributed by atoms with E-state index in [2.05, 4.69) is 62.6 Å². The van der Waals surface area contributed by atoms with Crippen molar-refractivity contribution in [2.24, 2.45) is 10.4 Å². The molecule has 0 N–H and O–H groups in total. The number of aromatic nitrogens is 2. The van der Waals surface area contributed by atoms with Crippen LogP contribution < -0.4 is 0 Å². The molecule has 4 heteroatoms. The SMILES string of the molecule is CCCc1ccccc1C1=NCC(c2cnn(CCC(C)(C)C)c2C)=C1C=O. The molecule has 1 aromatic carbocycles. The Morgan fingerprint density at radius 3 is 2.61 bits per heavy atom. The fraction of sp³-hybridized carbons (Fsp3) is 0.458. The van der Waals surface area contributed by atoms with Crippen LogP contribution in [-0.4, -0.2) is 28.3 Å². The molecule has 1 aliphatic rings. The molecule has 0 fully saturated rings. The predicted octanol–water partition coefficient (Wildman–Crippen LogP) is 5.04. The Morgan fingerprint density at radius 2 is 1.93 bits per heavy atom. The molecule has 0 bridgehead atoms. The van der Waals surface area contributed by atoms with Gasteiger partial charge in [-0.1, -0.05) is 58.4 Å². The van der Waals surface area contributed by atoms with Crippen LogP contribution in [0.5, 0.6) is 0 Å². The summed E-state index contributed by atoms with van der Waals surface area (Å²) >= 11 is 0. The molecule has 2 aromatic rings. The molecule has 1 aliphatic heterocycles. The summed E-state index contributed by atoms with van der Waals surface area (Å²) < 4.78 is 2.05. The molecule has 0 radical (unpaired) electrons. The van der Waals surface area contributed by atoms with E-state index in [0.717, 1.165) is 60.2 Å². The van der Waals surface area contributed by atoms with E-state index in [1.165, 1.54) is 5.56 Å². The van der Waals surface area contributed by atoms with Gasteiger partial charge in [-0.15, -0.1) is 0 Å². The number of aliphatic imine (C=N–C) groups is 1. The van der Waals surface area contributed by atoms with Gasteiger partial charge in [-0.2, -0.15) is 5.10 Å². The lowest BCUT2D eigenvalue weighted by Gasteiger charge is -2.18. The maximum atomic E-state index is 12.1. The second kappa shape index (κ2) is 8.26. The standard InChI is InChI=1S/C24H31N3O/c1-6-9-18-10-7-8-11-19(18)23-22(16-28)21(14-25-23)20-15-26-27(17(20)2)13-12-24(3,4)5/h7-8,10-11,15-16H,6,9,12-14H2,1-5H3. The van der Waals surface area contributed by atoms with Crippen molar-refractivity contribution < 1.29 is 4.79 Å². The lowest BCUT2D eigenvalue weighted by molar-refractivity contribution is -0.104. The van der Waals surface area contributed by atoms with Crippen molar-refractivity contribution in [1.82, 2.24) is 9.78 Å². The zero-order chi connectivity index (χ0) is 20.3. The third-order valence-corrected chi connectivity index (χ3v) is 5.39. The quantitative estimate of drug-likeness (QED) is 0.635. The first-order valence-electron chi connectivity index (χ1n) is 10.2. The fourth-order valence-electron chi connectivity index (χ4n) is 3.71. The molecule has 4 nitrogen and oxygen atoms in total. The molecule has 3 rings (SSSR count). The van der Waals surface area contributed by atoms with Crippen molar-refractivity contribution in [3.05, 3.63) is 58.4 Å². The van der Waals surface area contributed by atoms with Crippen LogP contribution in [0.2, 0.25) is 0 Å². The molecule has 0 amide bonds. The first-order valence-corrected chi connectivity index (χ1v) is 10.2. The Morgan fingerprint density at radius 1 is 1.18 bits per heavy atom. The minimum atomic E-state index is 0.262. The number of allylic oxidation sites excluding steroid dienone is 1. The number of aryl methyl sites for hydroxylation is 2. The Bertz CT molecular complexity index is 926. The van der Waals surface area contributed by atoms with E-state index in [-0.39, 0.29) is 5.41 Å². The van der Waals surface area contributed by atoms with Crippen molar-refractivity contribution in [2.75, 3.05) is 6.54 Å². The zero-order valence-electron chi connectivity index (χ0n) is 17.7. The largest absolute Gasteiger partial charge is 0.298 e. The van der Waals surface area contributed by atoms with Gasteiger partial charge in [-0.05, 0) is 36.3 Å². The summed E-state index contributed by atoms with van der Waals surface area (Å²) in [5.41, 5.74) is 7.29. The van der Waals surface area contributed by atoms with Gasteiger partial charge >= 0.3 is 0 Å². The van der Waals surface area contributed by atoms with Gasteiger partial charge in [-0.3, -0.25) is 14.5 Å². The summed E-state index contributed by atoms with van der Waals surface area (Å²) in [6.07, 6.45) is 5.97. The van der Waals surface area contributed by atoms with Gasteiger partial charge in [0.25, 0.3) is 0 Å². The number of rotatable bonds is 7. The number of carbonyl (C=O) groups excluding carboxylic acids is 1. The summed E-state index contributed by atoms with van der Waals surface area (Å²) in [4.78, 5) is 16.8. The summed E-state index contributed by atoms with van der Waals surface area (Å²) in [6, 6.07) is 8.29. The third-order valence-electron chi connectivity index (χ3n) is 5.39.